The van der Waals surface area contributed by atoms with E-state index in [0.29, 0.717) is 0 Å². The van der Waals surface area contributed by atoms with Gasteiger partial charge in [-0.05, 0) is 22.4 Å². The maximum atomic E-state index is 11.9. The number of carbonyl (C=O) groups excluding carboxylic acids is 4. The molecule has 0 N–H and O–H groups in total. The lowest BCUT2D eigenvalue weighted by Gasteiger charge is -2.17. The summed E-state index contributed by atoms with van der Waals surface area (Å²) in [6.45, 7) is 0.940. The lowest BCUT2D eigenvalue weighted by atomic mass is 10.2. The van der Waals surface area contributed by atoms with Crippen molar-refractivity contribution >= 4 is 24.0 Å². The molecule has 0 spiro atoms. The number of hydrogen-bond acceptors (Lipinski definition) is 6. The molecule has 4 amide bonds. The minimum atomic E-state index is -1.98. The molecular formula is C11H8N3O6+. The Bertz CT molecular complexity index is 606. The van der Waals surface area contributed by atoms with Crippen LogP contribution >= 0.6 is 0 Å². The number of carbonyl (C=O) groups is 4. The van der Waals surface area contributed by atoms with Gasteiger partial charge in [0.1, 0.15) is 0 Å². The van der Waals surface area contributed by atoms with E-state index in [1.54, 1.807) is 18.2 Å². The molecule has 1 aromatic carbocycles. The van der Waals surface area contributed by atoms with Crippen molar-refractivity contribution in [2.45, 2.75) is 6.92 Å². The summed E-state index contributed by atoms with van der Waals surface area (Å²) >= 11 is 0. The van der Waals surface area contributed by atoms with Crippen LogP contribution in [0.15, 0.2) is 40.6 Å². The van der Waals surface area contributed by atoms with Gasteiger partial charge in [-0.15, -0.1) is 0 Å². The summed E-state index contributed by atoms with van der Waals surface area (Å²) in [5.74, 6) is -2.05. The van der Waals surface area contributed by atoms with Gasteiger partial charge >= 0.3 is 24.0 Å². The lowest BCUT2D eigenvalue weighted by Crippen LogP contribution is -2.53. The van der Waals surface area contributed by atoms with Gasteiger partial charge in [0.15, 0.2) is 0 Å². The summed E-state index contributed by atoms with van der Waals surface area (Å²) in [5.41, 5.74) is 0.0599. The zero-order valence-electron chi connectivity index (χ0n) is 10.2. The molecule has 0 saturated carbocycles. The SMILES string of the molecule is CC(=O)O[N+]1(OC(=O)c2ccccc2)C(=O)N=NC1=O. The van der Waals surface area contributed by atoms with Crippen molar-refractivity contribution in [2.75, 3.05) is 0 Å². The third-order valence-corrected chi connectivity index (χ3v) is 2.20. The highest BCUT2D eigenvalue weighted by Gasteiger charge is 2.62. The molecular weight excluding hydrogens is 270 g/mol. The molecule has 1 aromatic rings. The van der Waals surface area contributed by atoms with Crippen LogP contribution < -0.4 is 0 Å². The number of nitrogens with zero attached hydrogens (tertiary/aromatic N) is 3. The van der Waals surface area contributed by atoms with Crippen LogP contribution in [-0.2, 0) is 14.5 Å². The van der Waals surface area contributed by atoms with Crippen molar-refractivity contribution in [1.82, 2.24) is 0 Å². The first kappa shape index (κ1) is 13.5. The third-order valence-electron chi connectivity index (χ3n) is 2.20. The molecule has 102 valence electrons. The minimum absolute atomic E-state index is 0.0599. The van der Waals surface area contributed by atoms with E-state index < -0.39 is 28.8 Å². The van der Waals surface area contributed by atoms with Crippen LogP contribution in [-0.4, -0.2) is 28.8 Å². The number of urea groups is 2. The van der Waals surface area contributed by atoms with Crippen LogP contribution in [0, 0.1) is 0 Å². The fraction of sp³-hybridized carbons (Fsp3) is 0.0909. The maximum Gasteiger partial charge on any atom is 0.558 e. The Morgan fingerprint density at radius 2 is 1.55 bits per heavy atom. The lowest BCUT2D eigenvalue weighted by molar-refractivity contribution is -1.10. The first-order valence-corrected chi connectivity index (χ1v) is 5.35. The maximum absolute atomic E-state index is 11.9. The van der Waals surface area contributed by atoms with Crippen LogP contribution in [0.25, 0.3) is 0 Å². The first-order chi connectivity index (χ1) is 9.45. The van der Waals surface area contributed by atoms with Gasteiger partial charge in [0.2, 0.25) is 4.81 Å². The highest BCUT2D eigenvalue weighted by Crippen LogP contribution is 2.23. The van der Waals surface area contributed by atoms with Crippen molar-refractivity contribution in [1.29, 1.82) is 0 Å². The van der Waals surface area contributed by atoms with Crippen molar-refractivity contribution < 1.29 is 33.7 Å². The molecule has 0 unspecified atom stereocenters. The highest BCUT2D eigenvalue weighted by atomic mass is 17.0. The van der Waals surface area contributed by atoms with Crippen molar-refractivity contribution in [2.24, 2.45) is 10.2 Å². The summed E-state index contributed by atoms with van der Waals surface area (Å²) in [7, 11) is 0. The molecule has 1 aliphatic rings. The predicted octanol–water partition coefficient (Wildman–Crippen LogP) is 1.76. The molecule has 1 heterocycles. The minimum Gasteiger partial charge on any atom is -0.245 e. The van der Waals surface area contributed by atoms with Crippen molar-refractivity contribution in [3.05, 3.63) is 35.9 Å². The summed E-state index contributed by atoms with van der Waals surface area (Å²) < 4.78 is 0. The molecule has 20 heavy (non-hydrogen) atoms. The molecule has 0 atom stereocenters. The predicted molar refractivity (Wildman–Crippen MR) is 59.5 cm³/mol. The van der Waals surface area contributed by atoms with E-state index in [9.17, 15) is 19.2 Å². The van der Waals surface area contributed by atoms with Crippen molar-refractivity contribution in [3.8, 4) is 0 Å². The van der Waals surface area contributed by atoms with E-state index in [4.69, 9.17) is 0 Å². The van der Waals surface area contributed by atoms with E-state index in [0.717, 1.165) is 6.92 Å². The van der Waals surface area contributed by atoms with Crippen LogP contribution in [0.1, 0.15) is 17.3 Å². The zero-order valence-corrected chi connectivity index (χ0v) is 10.2. The molecule has 0 aromatic heterocycles. The van der Waals surface area contributed by atoms with E-state index in [2.05, 4.69) is 19.9 Å². The van der Waals surface area contributed by atoms with Crippen LogP contribution in [0.4, 0.5) is 9.59 Å². The van der Waals surface area contributed by atoms with E-state index in [1.807, 2.05) is 0 Å². The number of rotatable bonds is 3. The molecule has 0 fully saturated rings. The topological polar surface area (TPSA) is 111 Å². The Morgan fingerprint density at radius 1 is 1.00 bits per heavy atom. The number of quaternary nitrogens is 1. The van der Waals surface area contributed by atoms with E-state index in [1.165, 1.54) is 12.1 Å². The fourth-order valence-electron chi connectivity index (χ4n) is 1.38. The number of hydroxylamine groups is 4. The van der Waals surface area contributed by atoms with Crippen LogP contribution in [0.5, 0.6) is 0 Å². The molecule has 9 heteroatoms. The molecule has 0 radical (unpaired) electrons. The monoisotopic (exact) mass is 278 g/mol. The summed E-state index contributed by atoms with van der Waals surface area (Å²) in [6.07, 6.45) is 0. The average Bonchev–Trinajstić information content (AvgIpc) is 2.67. The standard InChI is InChI=1S/C11H8N3O6/c1-7(15)19-14(10(17)12-13-11(14)18)20-9(16)8-5-3-2-4-6-8/h2-6H,1H3/q+1. The summed E-state index contributed by atoms with van der Waals surface area (Å²) in [4.78, 5) is 53.1. The van der Waals surface area contributed by atoms with Gasteiger partial charge in [-0.1, -0.05) is 18.2 Å². The Morgan fingerprint density at radius 3 is 2.05 bits per heavy atom. The third kappa shape index (κ3) is 2.29. The van der Waals surface area contributed by atoms with Crippen LogP contribution in [0.3, 0.4) is 0 Å². The molecule has 0 aliphatic carbocycles. The Hall–Kier alpha value is -2.94. The van der Waals surface area contributed by atoms with Gasteiger partial charge < -0.3 is 0 Å². The van der Waals surface area contributed by atoms with Crippen molar-refractivity contribution in [3.63, 3.8) is 0 Å². The number of imide groups is 1. The van der Waals surface area contributed by atoms with Gasteiger partial charge in [-0.25, -0.2) is 19.3 Å². The zero-order chi connectivity index (χ0) is 14.8. The Kier molecular flexibility index (Phi) is 3.36. The smallest absolute Gasteiger partial charge is 0.245 e. The summed E-state index contributed by atoms with van der Waals surface area (Å²) in [5, 5.41) is 5.85. The Labute approximate surface area is 111 Å². The average molecular weight is 278 g/mol. The van der Waals surface area contributed by atoms with E-state index in [-0.39, 0.29) is 5.56 Å². The number of hydrogen-bond donors (Lipinski definition) is 0. The normalized spacial score (nSPS) is 16.1. The molecule has 9 nitrogen and oxygen atoms in total. The quantitative estimate of drug-likeness (QED) is 0.778. The molecule has 0 bridgehead atoms. The van der Waals surface area contributed by atoms with Gasteiger partial charge in [-0.3, -0.25) is 0 Å². The first-order valence-electron chi connectivity index (χ1n) is 5.35. The second-order valence-corrected chi connectivity index (χ2v) is 3.64. The molecule has 0 saturated heterocycles. The van der Waals surface area contributed by atoms with E-state index >= 15 is 0 Å². The van der Waals surface area contributed by atoms with Gasteiger partial charge in [-0.2, -0.15) is 9.59 Å². The molecule has 2 rings (SSSR count). The second-order valence-electron chi connectivity index (χ2n) is 3.64. The van der Waals surface area contributed by atoms with Gasteiger partial charge in [0, 0.05) is 6.92 Å². The Balaban J connectivity index is 2.31. The van der Waals surface area contributed by atoms with Gasteiger partial charge in [0.25, 0.3) is 0 Å². The largest absolute Gasteiger partial charge is 0.558 e. The number of amides is 4. The van der Waals surface area contributed by atoms with Gasteiger partial charge in [0.05, 0.1) is 5.56 Å². The second kappa shape index (κ2) is 4.97. The summed E-state index contributed by atoms with van der Waals surface area (Å²) in [6, 6.07) is 4.90. The number of benzene rings is 1. The number of azo groups is 1. The molecule has 1 aliphatic heterocycles. The fourth-order valence-corrected chi connectivity index (χ4v) is 1.38. The highest BCUT2D eigenvalue weighted by molar-refractivity contribution is 5.92. The van der Waals surface area contributed by atoms with Crippen LogP contribution in [0.2, 0.25) is 0 Å².